The fourth-order valence-electron chi connectivity index (χ4n) is 2.55. The highest BCUT2D eigenvalue weighted by Crippen LogP contribution is 2.13. The van der Waals surface area contributed by atoms with Crippen LogP contribution in [0.15, 0.2) is 72.2 Å². The number of halogens is 2. The van der Waals surface area contributed by atoms with Gasteiger partial charge in [-0.2, -0.15) is 0 Å². The summed E-state index contributed by atoms with van der Waals surface area (Å²) in [4.78, 5) is 8.31. The molecule has 2 N–H and O–H groups in total. The Morgan fingerprint density at radius 2 is 1.92 bits per heavy atom. The molecule has 0 bridgehead atoms. The number of nitrogens with one attached hydrogen (secondary N) is 2. The van der Waals surface area contributed by atoms with Crippen LogP contribution in [-0.4, -0.2) is 22.6 Å². The second-order valence-electron chi connectivity index (χ2n) is 5.51. The number of imidazole rings is 1. The molecule has 0 amide bonds. The molecule has 0 saturated carbocycles. The molecule has 0 fully saturated rings. The van der Waals surface area contributed by atoms with Crippen LogP contribution in [0.2, 0.25) is 0 Å². The Morgan fingerprint density at radius 1 is 1.12 bits per heavy atom. The third-order valence-corrected chi connectivity index (χ3v) is 3.79. The first-order valence-corrected chi connectivity index (χ1v) is 8.01. The van der Waals surface area contributed by atoms with Crippen molar-refractivity contribution in [2.24, 2.45) is 4.99 Å². The topological polar surface area (TPSA) is 54.2 Å². The normalized spacial score (nSPS) is 10.9. The zero-order chi connectivity index (χ0) is 17.5. The quantitative estimate of drug-likeness (QED) is 0.345. The van der Waals surface area contributed by atoms with E-state index in [0.29, 0.717) is 19.0 Å². The third-order valence-electron chi connectivity index (χ3n) is 3.79. The van der Waals surface area contributed by atoms with Gasteiger partial charge < -0.3 is 15.2 Å². The van der Waals surface area contributed by atoms with Gasteiger partial charge in [0, 0.05) is 32.5 Å². The van der Waals surface area contributed by atoms with Gasteiger partial charge in [0.2, 0.25) is 0 Å². The lowest BCUT2D eigenvalue weighted by Crippen LogP contribution is -2.36. The molecule has 0 atom stereocenters. The summed E-state index contributed by atoms with van der Waals surface area (Å²) in [6, 6.07) is 14.6. The van der Waals surface area contributed by atoms with Gasteiger partial charge in [0.25, 0.3) is 0 Å². The summed E-state index contributed by atoms with van der Waals surface area (Å²) < 4.78 is 15.2. The van der Waals surface area contributed by atoms with E-state index in [0.717, 1.165) is 16.8 Å². The molecule has 0 aliphatic rings. The summed E-state index contributed by atoms with van der Waals surface area (Å²) in [6.07, 6.45) is 5.44. The lowest BCUT2D eigenvalue weighted by atomic mass is 10.1. The minimum Gasteiger partial charge on any atom is -0.352 e. The van der Waals surface area contributed by atoms with Crippen molar-refractivity contribution in [3.8, 4) is 5.69 Å². The van der Waals surface area contributed by atoms with Gasteiger partial charge in [0.05, 0.1) is 12.0 Å². The largest absolute Gasteiger partial charge is 0.352 e. The molecule has 0 saturated heterocycles. The highest BCUT2D eigenvalue weighted by Gasteiger charge is 2.05. The van der Waals surface area contributed by atoms with E-state index in [1.165, 1.54) is 12.1 Å². The number of rotatable bonds is 5. The summed E-state index contributed by atoms with van der Waals surface area (Å²) in [5.74, 6) is 0.418. The molecule has 26 heavy (non-hydrogen) atoms. The fraction of sp³-hybridized carbons (Fsp3) is 0.158. The Kier molecular flexibility index (Phi) is 7.58. The number of para-hydroxylation sites is 1. The first-order valence-electron chi connectivity index (χ1n) is 8.01. The van der Waals surface area contributed by atoms with Gasteiger partial charge in [-0.25, -0.2) is 9.37 Å². The third kappa shape index (κ3) is 5.29. The fourth-order valence-corrected chi connectivity index (χ4v) is 2.55. The van der Waals surface area contributed by atoms with Gasteiger partial charge in [-0.05, 0) is 29.3 Å². The smallest absolute Gasteiger partial charge is 0.191 e. The van der Waals surface area contributed by atoms with Crippen molar-refractivity contribution in [3.63, 3.8) is 0 Å². The predicted molar refractivity (Wildman–Crippen MR) is 112 cm³/mol. The first-order chi connectivity index (χ1) is 12.3. The molecule has 5 nitrogen and oxygen atoms in total. The van der Waals surface area contributed by atoms with Crippen LogP contribution in [0.1, 0.15) is 11.1 Å². The van der Waals surface area contributed by atoms with Crippen LogP contribution in [-0.2, 0) is 13.1 Å². The van der Waals surface area contributed by atoms with Crippen molar-refractivity contribution in [2.45, 2.75) is 13.1 Å². The van der Waals surface area contributed by atoms with Crippen molar-refractivity contribution in [1.82, 2.24) is 20.2 Å². The van der Waals surface area contributed by atoms with E-state index >= 15 is 0 Å². The van der Waals surface area contributed by atoms with Crippen LogP contribution >= 0.6 is 24.0 Å². The van der Waals surface area contributed by atoms with E-state index in [9.17, 15) is 4.39 Å². The van der Waals surface area contributed by atoms with Gasteiger partial charge in [0.1, 0.15) is 5.82 Å². The van der Waals surface area contributed by atoms with Crippen LogP contribution in [0, 0.1) is 5.82 Å². The molecule has 0 unspecified atom stereocenters. The van der Waals surface area contributed by atoms with E-state index < -0.39 is 0 Å². The lowest BCUT2D eigenvalue weighted by Gasteiger charge is -2.14. The van der Waals surface area contributed by atoms with E-state index in [-0.39, 0.29) is 29.8 Å². The number of guanidine groups is 1. The molecule has 0 aliphatic heterocycles. The highest BCUT2D eigenvalue weighted by atomic mass is 127. The summed E-state index contributed by atoms with van der Waals surface area (Å²) in [6.45, 7) is 1.11. The van der Waals surface area contributed by atoms with Crippen LogP contribution in [0.5, 0.6) is 0 Å². The van der Waals surface area contributed by atoms with Gasteiger partial charge in [-0.15, -0.1) is 24.0 Å². The van der Waals surface area contributed by atoms with Gasteiger partial charge in [-0.1, -0.05) is 30.3 Å². The van der Waals surface area contributed by atoms with Crippen LogP contribution < -0.4 is 10.6 Å². The first kappa shape index (κ1) is 19.9. The molecular formula is C19H21FIN5. The van der Waals surface area contributed by atoms with Crippen molar-refractivity contribution >= 4 is 29.9 Å². The predicted octanol–water partition coefficient (Wildman–Crippen LogP) is 3.49. The van der Waals surface area contributed by atoms with Gasteiger partial charge in [0.15, 0.2) is 5.96 Å². The minimum absolute atomic E-state index is 0. The summed E-state index contributed by atoms with van der Waals surface area (Å²) in [7, 11) is 1.71. The molecule has 0 radical (unpaired) electrons. The molecule has 0 aliphatic carbocycles. The summed E-state index contributed by atoms with van der Waals surface area (Å²) >= 11 is 0. The zero-order valence-corrected chi connectivity index (χ0v) is 16.7. The maximum Gasteiger partial charge on any atom is 0.191 e. The number of aliphatic imine (C=N–C) groups is 1. The van der Waals surface area contributed by atoms with Crippen LogP contribution in [0.3, 0.4) is 0 Å². The molecule has 1 aromatic heterocycles. The Labute approximate surface area is 169 Å². The van der Waals surface area contributed by atoms with E-state index in [1.54, 1.807) is 25.6 Å². The van der Waals surface area contributed by atoms with Crippen molar-refractivity contribution in [1.29, 1.82) is 0 Å². The SMILES string of the molecule is CN=C(NCc1cccc(F)c1)NCc1ccccc1-n1ccnc1.I. The molecule has 1 heterocycles. The maximum atomic E-state index is 13.2. The van der Waals surface area contributed by atoms with Gasteiger partial charge >= 0.3 is 0 Å². The van der Waals surface area contributed by atoms with Crippen LogP contribution in [0.4, 0.5) is 4.39 Å². The van der Waals surface area contributed by atoms with Crippen molar-refractivity contribution in [2.75, 3.05) is 7.05 Å². The lowest BCUT2D eigenvalue weighted by molar-refractivity contribution is 0.624. The Balaban J connectivity index is 0.00000243. The molecule has 3 rings (SSSR count). The van der Waals surface area contributed by atoms with Gasteiger partial charge in [-0.3, -0.25) is 4.99 Å². The molecule has 3 aromatic rings. The second-order valence-corrected chi connectivity index (χ2v) is 5.51. The van der Waals surface area contributed by atoms with Crippen molar-refractivity contribution in [3.05, 3.63) is 84.2 Å². The van der Waals surface area contributed by atoms with E-state index in [4.69, 9.17) is 0 Å². The number of hydrogen-bond donors (Lipinski definition) is 2. The summed E-state index contributed by atoms with van der Waals surface area (Å²) in [5, 5.41) is 6.47. The van der Waals surface area contributed by atoms with E-state index in [2.05, 4.69) is 26.7 Å². The van der Waals surface area contributed by atoms with Crippen LogP contribution in [0.25, 0.3) is 5.69 Å². The monoisotopic (exact) mass is 465 g/mol. The molecule has 0 spiro atoms. The molecule has 2 aromatic carbocycles. The Bertz CT molecular complexity index is 849. The standard InChI is InChI=1S/C19H20FN5.HI/c1-21-19(23-12-15-5-4-7-17(20)11-15)24-13-16-6-2-3-8-18(16)25-10-9-22-14-25;/h2-11,14H,12-13H2,1H3,(H2,21,23,24);1H. The molecule has 136 valence electrons. The number of nitrogens with zero attached hydrogens (tertiary/aromatic N) is 3. The average molecular weight is 465 g/mol. The number of aromatic nitrogens is 2. The Hall–Kier alpha value is -2.42. The van der Waals surface area contributed by atoms with E-state index in [1.807, 2.05) is 35.0 Å². The zero-order valence-electron chi connectivity index (χ0n) is 14.4. The number of hydrogen-bond acceptors (Lipinski definition) is 2. The van der Waals surface area contributed by atoms with Crippen molar-refractivity contribution < 1.29 is 4.39 Å². The number of benzene rings is 2. The Morgan fingerprint density at radius 3 is 2.65 bits per heavy atom. The molecule has 7 heteroatoms. The second kappa shape index (κ2) is 9.91. The highest BCUT2D eigenvalue weighted by molar-refractivity contribution is 14.0. The average Bonchev–Trinajstić information content (AvgIpc) is 3.17. The molecular weight excluding hydrogens is 444 g/mol. The minimum atomic E-state index is -0.239. The maximum absolute atomic E-state index is 13.2. The summed E-state index contributed by atoms with van der Waals surface area (Å²) in [5.41, 5.74) is 3.05.